The summed E-state index contributed by atoms with van der Waals surface area (Å²) in [4.78, 5) is 21.8. The smallest absolute Gasteiger partial charge is 0.356 e. The third-order valence-electron chi connectivity index (χ3n) is 2.04. The maximum absolute atomic E-state index is 11.3. The van der Waals surface area contributed by atoms with Crippen LogP contribution in [0.5, 0.6) is 0 Å². The van der Waals surface area contributed by atoms with E-state index < -0.39 is 5.97 Å². The van der Waals surface area contributed by atoms with Gasteiger partial charge < -0.3 is 9.64 Å². The van der Waals surface area contributed by atoms with Crippen molar-refractivity contribution in [1.82, 2.24) is 9.97 Å². The summed E-state index contributed by atoms with van der Waals surface area (Å²) in [6.07, 6.45) is 1.88. The van der Waals surface area contributed by atoms with Crippen LogP contribution in [-0.4, -0.2) is 42.4 Å². The van der Waals surface area contributed by atoms with Gasteiger partial charge in [-0.15, -0.1) is 0 Å². The highest BCUT2D eigenvalue weighted by molar-refractivity contribution is 7.98. The summed E-state index contributed by atoms with van der Waals surface area (Å²) in [6.45, 7) is 1.98. The van der Waals surface area contributed by atoms with Crippen molar-refractivity contribution in [2.75, 3.05) is 31.4 Å². The molecule has 0 bridgehead atoms. The molecule has 0 unspecified atom stereocenters. The Labute approximate surface area is 91.8 Å². The molecule has 1 aliphatic heterocycles. The summed E-state index contributed by atoms with van der Waals surface area (Å²) in [5.41, 5.74) is 0.318. The van der Waals surface area contributed by atoms with E-state index in [1.807, 2.05) is 6.26 Å². The Morgan fingerprint density at radius 3 is 2.80 bits per heavy atom. The molecule has 80 valence electrons. The van der Waals surface area contributed by atoms with Gasteiger partial charge in [0, 0.05) is 19.2 Å². The summed E-state index contributed by atoms with van der Waals surface area (Å²) in [5.74, 6) is 0.380. The summed E-state index contributed by atoms with van der Waals surface area (Å²) < 4.78 is 4.63. The molecule has 5 nitrogen and oxygen atoms in total. The number of nitrogens with zero attached hydrogens (tertiary/aromatic N) is 3. The molecule has 0 saturated carbocycles. The minimum Gasteiger partial charge on any atom is -0.464 e. The van der Waals surface area contributed by atoms with Crippen molar-refractivity contribution in [3.63, 3.8) is 0 Å². The van der Waals surface area contributed by atoms with Gasteiger partial charge in [0.15, 0.2) is 10.9 Å². The number of anilines is 1. The molecule has 2 rings (SSSR count). The second-order valence-electron chi connectivity index (χ2n) is 3.08. The molecule has 0 aliphatic carbocycles. The zero-order chi connectivity index (χ0) is 10.8. The van der Waals surface area contributed by atoms with Gasteiger partial charge in [-0.25, -0.2) is 14.8 Å². The van der Waals surface area contributed by atoms with E-state index in [2.05, 4.69) is 19.6 Å². The second-order valence-corrected chi connectivity index (χ2v) is 3.85. The molecular weight excluding hydrogens is 214 g/mol. The topological polar surface area (TPSA) is 55.1 Å². The maximum Gasteiger partial charge on any atom is 0.356 e. The predicted molar refractivity (Wildman–Crippen MR) is 57.4 cm³/mol. The zero-order valence-corrected chi connectivity index (χ0v) is 9.37. The van der Waals surface area contributed by atoms with Gasteiger partial charge in [-0.2, -0.15) is 0 Å². The number of methoxy groups -OCH3 is 1. The van der Waals surface area contributed by atoms with Crippen molar-refractivity contribution < 1.29 is 9.53 Å². The minimum absolute atomic E-state index is 0.318. The molecular formula is C9H11N3O2S. The Morgan fingerprint density at radius 1 is 1.53 bits per heavy atom. The average molecular weight is 225 g/mol. The van der Waals surface area contributed by atoms with Crippen LogP contribution in [-0.2, 0) is 4.74 Å². The van der Waals surface area contributed by atoms with Crippen molar-refractivity contribution >= 4 is 23.5 Å². The van der Waals surface area contributed by atoms with Crippen LogP contribution in [0.4, 0.5) is 5.82 Å². The number of hydrogen-bond acceptors (Lipinski definition) is 6. The highest BCUT2D eigenvalue weighted by Gasteiger charge is 2.22. The van der Waals surface area contributed by atoms with Crippen LogP contribution < -0.4 is 4.90 Å². The van der Waals surface area contributed by atoms with E-state index in [1.54, 1.807) is 6.07 Å². The van der Waals surface area contributed by atoms with Crippen molar-refractivity contribution in [3.8, 4) is 0 Å². The normalized spacial score (nSPS) is 13.9. The van der Waals surface area contributed by atoms with E-state index in [-0.39, 0.29) is 0 Å². The Morgan fingerprint density at radius 2 is 2.27 bits per heavy atom. The minimum atomic E-state index is -0.421. The van der Waals surface area contributed by atoms with Gasteiger partial charge in [0.05, 0.1) is 7.11 Å². The zero-order valence-electron chi connectivity index (χ0n) is 8.56. The fourth-order valence-corrected chi connectivity index (χ4v) is 1.53. The van der Waals surface area contributed by atoms with Crippen LogP contribution >= 0.6 is 11.8 Å². The number of carbonyl (C=O) groups is 1. The molecule has 0 atom stereocenters. The molecule has 1 fully saturated rings. The summed E-state index contributed by atoms with van der Waals surface area (Å²) >= 11 is 1.41. The highest BCUT2D eigenvalue weighted by atomic mass is 32.2. The Bertz CT molecular complexity index is 393. The first-order valence-electron chi connectivity index (χ1n) is 4.51. The summed E-state index contributed by atoms with van der Waals surface area (Å²) in [7, 11) is 1.35. The lowest BCUT2D eigenvalue weighted by Crippen LogP contribution is -2.08. The molecule has 1 aromatic heterocycles. The number of rotatable bonds is 3. The van der Waals surface area contributed by atoms with Crippen LogP contribution in [0.15, 0.2) is 11.2 Å². The van der Waals surface area contributed by atoms with Gasteiger partial charge in [-0.1, -0.05) is 11.8 Å². The second kappa shape index (κ2) is 4.06. The van der Waals surface area contributed by atoms with E-state index >= 15 is 0 Å². The van der Waals surface area contributed by atoms with E-state index in [9.17, 15) is 4.79 Å². The van der Waals surface area contributed by atoms with Crippen molar-refractivity contribution in [2.24, 2.45) is 0 Å². The Balaban J connectivity index is 2.36. The molecule has 1 aliphatic rings. The number of carbonyl (C=O) groups excluding carboxylic acids is 1. The number of esters is 1. The molecule has 6 heteroatoms. The number of ether oxygens (including phenoxy) is 1. The van der Waals surface area contributed by atoms with E-state index in [1.165, 1.54) is 18.9 Å². The van der Waals surface area contributed by atoms with Crippen LogP contribution in [0.3, 0.4) is 0 Å². The van der Waals surface area contributed by atoms with Crippen molar-refractivity contribution in [2.45, 2.75) is 5.16 Å². The van der Waals surface area contributed by atoms with E-state index in [0.717, 1.165) is 18.9 Å². The summed E-state index contributed by atoms with van der Waals surface area (Å²) in [5, 5.41) is 0.597. The van der Waals surface area contributed by atoms with Gasteiger partial charge in [0.2, 0.25) is 0 Å². The molecule has 0 N–H and O–H groups in total. The van der Waals surface area contributed by atoms with Crippen LogP contribution in [0.2, 0.25) is 0 Å². The highest BCUT2D eigenvalue weighted by Crippen LogP contribution is 2.22. The number of hydrogen-bond donors (Lipinski definition) is 0. The van der Waals surface area contributed by atoms with Gasteiger partial charge in [-0.05, 0) is 6.26 Å². The first kappa shape index (κ1) is 10.2. The first-order valence-corrected chi connectivity index (χ1v) is 5.73. The van der Waals surface area contributed by atoms with Crippen molar-refractivity contribution in [1.29, 1.82) is 0 Å². The quantitative estimate of drug-likeness (QED) is 0.328. The molecule has 0 aromatic carbocycles. The van der Waals surface area contributed by atoms with Crippen LogP contribution in [0.1, 0.15) is 10.5 Å². The van der Waals surface area contributed by atoms with Crippen LogP contribution in [0, 0.1) is 0 Å². The Kier molecular flexibility index (Phi) is 2.77. The van der Waals surface area contributed by atoms with E-state index in [4.69, 9.17) is 0 Å². The van der Waals surface area contributed by atoms with E-state index in [0.29, 0.717) is 10.9 Å². The summed E-state index contributed by atoms with van der Waals surface area (Å²) in [6, 6.07) is 1.67. The van der Waals surface area contributed by atoms with Gasteiger partial charge >= 0.3 is 5.97 Å². The maximum atomic E-state index is 11.3. The third-order valence-corrected chi connectivity index (χ3v) is 2.59. The molecule has 1 saturated heterocycles. The molecule has 2 heterocycles. The molecule has 0 amide bonds. The largest absolute Gasteiger partial charge is 0.464 e. The average Bonchev–Trinajstić information content (AvgIpc) is 3.11. The first-order chi connectivity index (χ1) is 7.24. The molecule has 1 aromatic rings. The van der Waals surface area contributed by atoms with Gasteiger partial charge in [0.1, 0.15) is 5.82 Å². The number of aromatic nitrogens is 2. The van der Waals surface area contributed by atoms with Crippen molar-refractivity contribution in [3.05, 3.63) is 11.8 Å². The Hall–Kier alpha value is -1.30. The number of thioether (sulfide) groups is 1. The molecule has 0 spiro atoms. The molecule has 0 radical (unpaired) electrons. The van der Waals surface area contributed by atoms with Gasteiger partial charge in [-0.3, -0.25) is 0 Å². The molecule has 15 heavy (non-hydrogen) atoms. The fraction of sp³-hybridized carbons (Fsp3) is 0.444. The van der Waals surface area contributed by atoms with Crippen LogP contribution in [0.25, 0.3) is 0 Å². The SMILES string of the molecule is COC(=O)c1cc(N2CC2)nc(SC)n1. The predicted octanol–water partition coefficient (Wildman–Crippen LogP) is 0.805. The lowest BCUT2D eigenvalue weighted by Gasteiger charge is -2.05. The lowest BCUT2D eigenvalue weighted by atomic mass is 10.4. The fourth-order valence-electron chi connectivity index (χ4n) is 1.15. The lowest BCUT2D eigenvalue weighted by molar-refractivity contribution is 0.0593. The monoisotopic (exact) mass is 225 g/mol. The third kappa shape index (κ3) is 2.20. The van der Waals surface area contributed by atoms with Gasteiger partial charge in [0.25, 0.3) is 0 Å². The standard InChI is InChI=1S/C9H11N3O2S/c1-14-8(13)6-5-7(12-3-4-12)11-9(10-6)15-2/h5H,3-4H2,1-2H3.